The first-order valence-electron chi connectivity index (χ1n) is 3.91. The molecule has 0 saturated heterocycles. The molecule has 0 saturated carbocycles. The standard InChI is InChI=1S/C9H13N3S/c1-6-3-4-8(10)7(5-6)9(13)12(2)11/h3-5H,10-11H2,1-2H3. The topological polar surface area (TPSA) is 55.3 Å². The van der Waals surface area contributed by atoms with Crippen LogP contribution in [0.2, 0.25) is 0 Å². The van der Waals surface area contributed by atoms with Crippen LogP contribution in [0.4, 0.5) is 5.69 Å². The molecule has 13 heavy (non-hydrogen) atoms. The summed E-state index contributed by atoms with van der Waals surface area (Å²) < 4.78 is 0. The number of rotatable bonds is 1. The number of hydrazine groups is 1. The van der Waals surface area contributed by atoms with E-state index in [-0.39, 0.29) is 0 Å². The molecule has 4 heteroatoms. The average Bonchev–Trinajstić information content (AvgIpc) is 2.08. The fraction of sp³-hybridized carbons (Fsp3) is 0.222. The summed E-state index contributed by atoms with van der Waals surface area (Å²) in [6, 6.07) is 5.71. The van der Waals surface area contributed by atoms with Crippen molar-refractivity contribution >= 4 is 22.9 Å². The van der Waals surface area contributed by atoms with Crippen LogP contribution in [0.15, 0.2) is 18.2 Å². The molecule has 0 heterocycles. The largest absolute Gasteiger partial charge is 0.398 e. The Morgan fingerprint density at radius 3 is 2.62 bits per heavy atom. The van der Waals surface area contributed by atoms with Gasteiger partial charge >= 0.3 is 0 Å². The van der Waals surface area contributed by atoms with Gasteiger partial charge in [0.25, 0.3) is 0 Å². The van der Waals surface area contributed by atoms with Crippen LogP contribution in [0, 0.1) is 6.92 Å². The second-order valence-corrected chi connectivity index (χ2v) is 3.39. The highest BCUT2D eigenvalue weighted by molar-refractivity contribution is 7.80. The molecule has 0 amide bonds. The van der Waals surface area contributed by atoms with E-state index in [1.165, 1.54) is 5.01 Å². The summed E-state index contributed by atoms with van der Waals surface area (Å²) in [5.74, 6) is 5.52. The number of nitrogens with zero attached hydrogens (tertiary/aromatic N) is 1. The van der Waals surface area contributed by atoms with Gasteiger partial charge in [0.2, 0.25) is 0 Å². The summed E-state index contributed by atoms with van der Waals surface area (Å²) in [7, 11) is 1.70. The van der Waals surface area contributed by atoms with E-state index >= 15 is 0 Å². The molecule has 0 aliphatic heterocycles. The number of aryl methyl sites for hydroxylation is 1. The molecule has 0 fully saturated rings. The molecular weight excluding hydrogens is 182 g/mol. The Bertz CT molecular complexity index is 334. The number of nitrogen functional groups attached to an aromatic ring is 1. The molecule has 1 rings (SSSR count). The third-order valence-electron chi connectivity index (χ3n) is 1.76. The van der Waals surface area contributed by atoms with Gasteiger partial charge in [0.15, 0.2) is 0 Å². The first kappa shape index (κ1) is 9.95. The molecule has 0 aromatic heterocycles. The summed E-state index contributed by atoms with van der Waals surface area (Å²) in [5, 5.41) is 1.39. The van der Waals surface area contributed by atoms with E-state index in [2.05, 4.69) is 0 Å². The van der Waals surface area contributed by atoms with E-state index in [1.807, 2.05) is 25.1 Å². The van der Waals surface area contributed by atoms with Crippen LogP contribution in [0.3, 0.4) is 0 Å². The second-order valence-electron chi connectivity index (χ2n) is 3.01. The molecular formula is C9H13N3S. The normalized spacial score (nSPS) is 9.77. The van der Waals surface area contributed by atoms with E-state index in [1.54, 1.807) is 7.05 Å². The van der Waals surface area contributed by atoms with Crippen molar-refractivity contribution in [1.82, 2.24) is 5.01 Å². The minimum absolute atomic E-state index is 0.557. The first-order chi connectivity index (χ1) is 6.02. The number of benzene rings is 1. The average molecular weight is 195 g/mol. The summed E-state index contributed by atoms with van der Waals surface area (Å²) in [5.41, 5.74) is 8.36. The van der Waals surface area contributed by atoms with Crippen molar-refractivity contribution in [2.24, 2.45) is 5.84 Å². The van der Waals surface area contributed by atoms with Gasteiger partial charge in [-0.3, -0.25) is 0 Å². The monoisotopic (exact) mass is 195 g/mol. The predicted molar refractivity (Wildman–Crippen MR) is 59.2 cm³/mol. The lowest BCUT2D eigenvalue weighted by molar-refractivity contribution is 0.550. The zero-order valence-corrected chi connectivity index (χ0v) is 8.56. The molecule has 1 aromatic rings. The van der Waals surface area contributed by atoms with Gasteiger partial charge in [-0.1, -0.05) is 23.8 Å². The molecule has 0 bridgehead atoms. The van der Waals surface area contributed by atoms with Gasteiger partial charge < -0.3 is 10.7 Å². The van der Waals surface area contributed by atoms with Gasteiger partial charge in [0.05, 0.1) is 0 Å². The van der Waals surface area contributed by atoms with Gasteiger partial charge in [0, 0.05) is 18.3 Å². The number of hydrogen-bond donors (Lipinski definition) is 2. The van der Waals surface area contributed by atoms with Crippen LogP contribution in [0.1, 0.15) is 11.1 Å². The quantitative estimate of drug-likeness (QED) is 0.304. The van der Waals surface area contributed by atoms with Gasteiger partial charge in [-0.15, -0.1) is 0 Å². The van der Waals surface area contributed by atoms with Crippen molar-refractivity contribution < 1.29 is 0 Å². The Hall–Kier alpha value is -1.13. The zero-order chi connectivity index (χ0) is 10.0. The van der Waals surface area contributed by atoms with E-state index < -0.39 is 0 Å². The van der Waals surface area contributed by atoms with Crippen molar-refractivity contribution in [3.8, 4) is 0 Å². The van der Waals surface area contributed by atoms with Crippen molar-refractivity contribution in [2.45, 2.75) is 6.92 Å². The Morgan fingerprint density at radius 2 is 2.08 bits per heavy atom. The zero-order valence-electron chi connectivity index (χ0n) is 7.74. The number of nitrogens with two attached hydrogens (primary N) is 2. The minimum atomic E-state index is 0.557. The van der Waals surface area contributed by atoms with E-state index in [4.69, 9.17) is 23.8 Å². The highest BCUT2D eigenvalue weighted by Gasteiger charge is 2.07. The molecule has 0 spiro atoms. The van der Waals surface area contributed by atoms with E-state index in [9.17, 15) is 0 Å². The smallest absolute Gasteiger partial charge is 0.125 e. The molecule has 3 nitrogen and oxygen atoms in total. The number of thiocarbonyl (C=S) groups is 1. The Morgan fingerprint density at radius 1 is 1.46 bits per heavy atom. The Kier molecular flexibility index (Phi) is 2.85. The molecule has 0 aliphatic carbocycles. The third-order valence-corrected chi connectivity index (χ3v) is 2.27. The number of hydrogen-bond acceptors (Lipinski definition) is 3. The minimum Gasteiger partial charge on any atom is -0.398 e. The molecule has 0 radical (unpaired) electrons. The van der Waals surface area contributed by atoms with Crippen molar-refractivity contribution in [2.75, 3.05) is 12.8 Å². The maximum absolute atomic E-state index is 5.76. The molecule has 0 atom stereocenters. The van der Waals surface area contributed by atoms with E-state index in [0.717, 1.165) is 11.1 Å². The molecule has 1 aromatic carbocycles. The highest BCUT2D eigenvalue weighted by Crippen LogP contribution is 2.15. The van der Waals surface area contributed by atoms with E-state index in [0.29, 0.717) is 10.7 Å². The van der Waals surface area contributed by atoms with Crippen LogP contribution >= 0.6 is 12.2 Å². The lowest BCUT2D eigenvalue weighted by Gasteiger charge is -2.15. The maximum atomic E-state index is 5.76. The number of anilines is 1. The molecule has 4 N–H and O–H groups in total. The molecule has 70 valence electrons. The Balaban J connectivity index is 3.13. The SMILES string of the molecule is Cc1ccc(N)c(C(=S)N(C)N)c1. The van der Waals surface area contributed by atoms with Crippen LogP contribution in [-0.4, -0.2) is 17.0 Å². The molecule has 0 aliphatic rings. The lowest BCUT2D eigenvalue weighted by atomic mass is 10.1. The maximum Gasteiger partial charge on any atom is 0.125 e. The second kappa shape index (κ2) is 3.72. The summed E-state index contributed by atoms with van der Waals surface area (Å²) in [6.07, 6.45) is 0. The molecule has 0 unspecified atom stereocenters. The summed E-state index contributed by atoms with van der Waals surface area (Å²) >= 11 is 5.11. The van der Waals surface area contributed by atoms with Crippen LogP contribution in [0.25, 0.3) is 0 Å². The fourth-order valence-electron chi connectivity index (χ4n) is 1.05. The summed E-state index contributed by atoms with van der Waals surface area (Å²) in [6.45, 7) is 1.99. The van der Waals surface area contributed by atoms with Gasteiger partial charge in [-0.05, 0) is 19.1 Å². The van der Waals surface area contributed by atoms with Crippen LogP contribution in [-0.2, 0) is 0 Å². The predicted octanol–water partition coefficient (Wildman–Crippen LogP) is 1.06. The van der Waals surface area contributed by atoms with Crippen molar-refractivity contribution in [3.63, 3.8) is 0 Å². The van der Waals surface area contributed by atoms with Crippen molar-refractivity contribution in [1.29, 1.82) is 0 Å². The highest BCUT2D eigenvalue weighted by atomic mass is 32.1. The first-order valence-corrected chi connectivity index (χ1v) is 4.32. The van der Waals surface area contributed by atoms with Crippen molar-refractivity contribution in [3.05, 3.63) is 29.3 Å². The van der Waals surface area contributed by atoms with Gasteiger partial charge in [-0.2, -0.15) is 0 Å². The Labute approximate surface area is 83.3 Å². The fourth-order valence-corrected chi connectivity index (χ4v) is 1.22. The summed E-state index contributed by atoms with van der Waals surface area (Å²) in [4.78, 5) is 0.557. The lowest BCUT2D eigenvalue weighted by Crippen LogP contribution is -2.32. The van der Waals surface area contributed by atoms with Gasteiger partial charge in [0.1, 0.15) is 4.99 Å². The third kappa shape index (κ3) is 2.17. The van der Waals surface area contributed by atoms with Crippen LogP contribution < -0.4 is 11.6 Å². The van der Waals surface area contributed by atoms with Crippen LogP contribution in [0.5, 0.6) is 0 Å². The van der Waals surface area contributed by atoms with Gasteiger partial charge in [-0.25, -0.2) is 5.84 Å².